The molecule has 1 aliphatic rings. The van der Waals surface area contributed by atoms with Gasteiger partial charge in [0.2, 0.25) is 0 Å². The minimum Gasteiger partial charge on any atom is -0.322 e. The first kappa shape index (κ1) is 11.2. The van der Waals surface area contributed by atoms with Gasteiger partial charge in [-0.05, 0) is 0 Å². The van der Waals surface area contributed by atoms with E-state index in [1.165, 1.54) is 0 Å². The number of rotatable bonds is 3. The molecule has 0 unspecified atom stereocenters. The summed E-state index contributed by atoms with van der Waals surface area (Å²) in [6, 6.07) is 0.543. The van der Waals surface area contributed by atoms with Gasteiger partial charge in [-0.3, -0.25) is 0 Å². The van der Waals surface area contributed by atoms with Crippen molar-refractivity contribution in [1.82, 2.24) is 10.6 Å². The van der Waals surface area contributed by atoms with Crippen LogP contribution in [0.5, 0.6) is 0 Å². The SMILES string of the molecule is CC(C)NCC1(N)CNC1.Cl. The Hall–Kier alpha value is 0.170. The highest BCUT2D eigenvalue weighted by atomic mass is 35.5. The second-order valence-electron chi connectivity index (χ2n) is 3.50. The summed E-state index contributed by atoms with van der Waals surface area (Å²) < 4.78 is 0. The van der Waals surface area contributed by atoms with Gasteiger partial charge in [0.05, 0.1) is 5.54 Å². The molecular weight excluding hydrogens is 162 g/mol. The number of nitrogens with two attached hydrogens (primary N) is 1. The molecule has 4 N–H and O–H groups in total. The fourth-order valence-corrected chi connectivity index (χ4v) is 0.979. The topological polar surface area (TPSA) is 50.1 Å². The molecule has 4 heteroatoms. The van der Waals surface area contributed by atoms with E-state index >= 15 is 0 Å². The van der Waals surface area contributed by atoms with Gasteiger partial charge in [-0.1, -0.05) is 13.8 Å². The van der Waals surface area contributed by atoms with Crippen LogP contribution in [-0.4, -0.2) is 31.2 Å². The minimum absolute atomic E-state index is 0. The van der Waals surface area contributed by atoms with Crippen molar-refractivity contribution in [2.75, 3.05) is 19.6 Å². The lowest BCUT2D eigenvalue weighted by Crippen LogP contribution is -2.70. The Kier molecular flexibility index (Phi) is 4.32. The molecule has 0 bridgehead atoms. The largest absolute Gasteiger partial charge is 0.322 e. The average molecular weight is 180 g/mol. The number of nitrogens with one attached hydrogen (secondary N) is 2. The maximum atomic E-state index is 5.93. The van der Waals surface area contributed by atoms with Gasteiger partial charge >= 0.3 is 0 Å². The third-order valence-electron chi connectivity index (χ3n) is 1.82. The number of hydrogen-bond acceptors (Lipinski definition) is 3. The van der Waals surface area contributed by atoms with E-state index in [1.54, 1.807) is 0 Å². The molecule has 3 nitrogen and oxygen atoms in total. The van der Waals surface area contributed by atoms with Gasteiger partial charge in [-0.15, -0.1) is 12.4 Å². The normalized spacial score (nSPS) is 20.7. The molecule has 11 heavy (non-hydrogen) atoms. The van der Waals surface area contributed by atoms with Crippen LogP contribution in [0.3, 0.4) is 0 Å². The van der Waals surface area contributed by atoms with Crippen molar-refractivity contribution < 1.29 is 0 Å². The summed E-state index contributed by atoms with van der Waals surface area (Å²) in [5.41, 5.74) is 5.96. The molecule has 0 radical (unpaired) electrons. The molecule has 1 aliphatic heterocycles. The number of hydrogen-bond donors (Lipinski definition) is 3. The lowest BCUT2D eigenvalue weighted by molar-refractivity contribution is 0.263. The fraction of sp³-hybridized carbons (Fsp3) is 1.00. The molecule has 0 saturated carbocycles. The Labute approximate surface area is 74.5 Å². The zero-order valence-corrected chi connectivity index (χ0v) is 8.00. The van der Waals surface area contributed by atoms with Crippen molar-refractivity contribution >= 4 is 12.4 Å². The van der Waals surface area contributed by atoms with Crippen LogP contribution < -0.4 is 16.4 Å². The summed E-state index contributed by atoms with van der Waals surface area (Å²) in [4.78, 5) is 0. The van der Waals surface area contributed by atoms with Gasteiger partial charge in [0.1, 0.15) is 0 Å². The Morgan fingerprint density at radius 2 is 2.09 bits per heavy atom. The lowest BCUT2D eigenvalue weighted by atomic mass is 9.94. The van der Waals surface area contributed by atoms with E-state index in [2.05, 4.69) is 24.5 Å². The van der Waals surface area contributed by atoms with Crippen LogP contribution in [0.15, 0.2) is 0 Å². The second-order valence-corrected chi connectivity index (χ2v) is 3.50. The molecule has 0 aliphatic carbocycles. The Bertz CT molecular complexity index is 112. The maximum Gasteiger partial charge on any atom is 0.0533 e. The van der Waals surface area contributed by atoms with Gasteiger partial charge in [-0.25, -0.2) is 0 Å². The third kappa shape index (κ3) is 3.38. The third-order valence-corrected chi connectivity index (χ3v) is 1.82. The van der Waals surface area contributed by atoms with Gasteiger partial charge in [0.25, 0.3) is 0 Å². The molecule has 1 fully saturated rings. The van der Waals surface area contributed by atoms with E-state index < -0.39 is 0 Å². The highest BCUT2D eigenvalue weighted by Gasteiger charge is 2.31. The van der Waals surface area contributed by atoms with Gasteiger partial charge < -0.3 is 16.4 Å². The van der Waals surface area contributed by atoms with E-state index in [1.807, 2.05) is 0 Å². The van der Waals surface area contributed by atoms with Crippen molar-refractivity contribution in [2.45, 2.75) is 25.4 Å². The van der Waals surface area contributed by atoms with Crippen LogP contribution in [0.4, 0.5) is 0 Å². The predicted octanol–water partition coefficient (Wildman–Crippen LogP) is -0.293. The molecule has 0 spiro atoms. The molecule has 0 aromatic carbocycles. The Morgan fingerprint density at radius 3 is 2.36 bits per heavy atom. The monoisotopic (exact) mass is 179 g/mol. The van der Waals surface area contributed by atoms with Gasteiger partial charge in [0.15, 0.2) is 0 Å². The van der Waals surface area contributed by atoms with E-state index in [4.69, 9.17) is 5.73 Å². The highest BCUT2D eigenvalue weighted by molar-refractivity contribution is 5.85. The molecule has 1 heterocycles. The smallest absolute Gasteiger partial charge is 0.0533 e. The van der Waals surface area contributed by atoms with E-state index in [0.29, 0.717) is 6.04 Å². The number of halogens is 1. The predicted molar refractivity (Wildman–Crippen MR) is 50.2 cm³/mol. The van der Waals surface area contributed by atoms with Crippen molar-refractivity contribution in [3.05, 3.63) is 0 Å². The van der Waals surface area contributed by atoms with Gasteiger partial charge in [-0.2, -0.15) is 0 Å². The minimum atomic E-state index is 0. The molecule has 68 valence electrons. The molecule has 1 rings (SSSR count). The average Bonchev–Trinajstić information content (AvgIpc) is 1.79. The van der Waals surface area contributed by atoms with Crippen LogP contribution in [0, 0.1) is 0 Å². The maximum absolute atomic E-state index is 5.93. The highest BCUT2D eigenvalue weighted by Crippen LogP contribution is 2.04. The Morgan fingerprint density at radius 1 is 1.55 bits per heavy atom. The van der Waals surface area contributed by atoms with Crippen molar-refractivity contribution in [3.63, 3.8) is 0 Å². The van der Waals surface area contributed by atoms with E-state index in [9.17, 15) is 0 Å². The zero-order chi connectivity index (χ0) is 7.61. The summed E-state index contributed by atoms with van der Waals surface area (Å²) in [7, 11) is 0. The fourth-order valence-electron chi connectivity index (χ4n) is 0.979. The van der Waals surface area contributed by atoms with Gasteiger partial charge in [0, 0.05) is 25.7 Å². The molecule has 1 saturated heterocycles. The van der Waals surface area contributed by atoms with Crippen LogP contribution in [-0.2, 0) is 0 Å². The molecular formula is C7H18ClN3. The van der Waals surface area contributed by atoms with Crippen molar-refractivity contribution in [2.24, 2.45) is 5.73 Å². The van der Waals surface area contributed by atoms with Crippen LogP contribution in [0.25, 0.3) is 0 Å². The Balaban J connectivity index is 0.000001000. The standard InChI is InChI=1S/C7H17N3.ClH/c1-6(2)10-5-7(8)3-9-4-7;/h6,9-10H,3-5,8H2,1-2H3;1H. The second kappa shape index (κ2) is 4.26. The first-order chi connectivity index (χ1) is 4.62. The lowest BCUT2D eigenvalue weighted by Gasteiger charge is -2.39. The zero-order valence-electron chi connectivity index (χ0n) is 7.18. The summed E-state index contributed by atoms with van der Waals surface area (Å²) in [5.74, 6) is 0. The van der Waals surface area contributed by atoms with E-state index in [-0.39, 0.29) is 17.9 Å². The summed E-state index contributed by atoms with van der Waals surface area (Å²) in [6.45, 7) is 7.10. The van der Waals surface area contributed by atoms with Crippen LogP contribution >= 0.6 is 12.4 Å². The molecule has 0 atom stereocenters. The summed E-state index contributed by atoms with van der Waals surface area (Å²) in [5, 5.41) is 6.48. The molecule has 0 amide bonds. The van der Waals surface area contributed by atoms with Crippen molar-refractivity contribution in [3.8, 4) is 0 Å². The first-order valence-corrected chi connectivity index (χ1v) is 3.85. The summed E-state index contributed by atoms with van der Waals surface area (Å²) in [6.07, 6.45) is 0. The van der Waals surface area contributed by atoms with Crippen molar-refractivity contribution in [1.29, 1.82) is 0 Å². The summed E-state index contributed by atoms with van der Waals surface area (Å²) >= 11 is 0. The van der Waals surface area contributed by atoms with Crippen LogP contribution in [0.1, 0.15) is 13.8 Å². The molecule has 0 aromatic rings. The van der Waals surface area contributed by atoms with Crippen LogP contribution in [0.2, 0.25) is 0 Å². The van der Waals surface area contributed by atoms with E-state index in [0.717, 1.165) is 19.6 Å². The first-order valence-electron chi connectivity index (χ1n) is 3.85. The quantitative estimate of drug-likeness (QED) is 0.558. The molecule has 0 aromatic heterocycles.